The largest absolute Gasteiger partial charge is 0.547 e. The molecule has 5 atom stereocenters. The van der Waals surface area contributed by atoms with Crippen LogP contribution in [0.4, 0.5) is 0 Å². The summed E-state index contributed by atoms with van der Waals surface area (Å²) in [4.78, 5) is 22.0. The van der Waals surface area contributed by atoms with Crippen LogP contribution in [0.3, 0.4) is 0 Å². The van der Waals surface area contributed by atoms with Crippen LogP contribution in [-0.4, -0.2) is 53.6 Å². The van der Waals surface area contributed by atoms with Crippen LogP contribution in [0.5, 0.6) is 0 Å². The summed E-state index contributed by atoms with van der Waals surface area (Å²) >= 11 is 0. The lowest BCUT2D eigenvalue weighted by atomic mass is 9.90. The molecule has 0 saturated carbocycles. The lowest BCUT2D eigenvalue weighted by molar-refractivity contribution is -0.444. The molecule has 108 valence electrons. The van der Waals surface area contributed by atoms with Crippen molar-refractivity contribution in [1.82, 2.24) is 0 Å². The average Bonchev–Trinajstić information content (AvgIpc) is 2.70. The Morgan fingerprint density at radius 2 is 2.16 bits per heavy atom. The van der Waals surface area contributed by atoms with E-state index in [0.29, 0.717) is 13.0 Å². The summed E-state index contributed by atoms with van der Waals surface area (Å²) in [5.41, 5.74) is 1.53. The number of aliphatic hydroxyl groups is 1. The van der Waals surface area contributed by atoms with Gasteiger partial charge in [-0.05, 0) is 6.42 Å². The molecule has 2 aliphatic rings. The van der Waals surface area contributed by atoms with Crippen molar-refractivity contribution in [2.24, 2.45) is 0 Å². The second-order valence-corrected chi connectivity index (χ2v) is 5.05. The van der Waals surface area contributed by atoms with E-state index < -0.39 is 41.9 Å². The third-order valence-electron chi connectivity index (χ3n) is 3.67. The number of carboxylic acids is 2. The maximum atomic E-state index is 11.3. The summed E-state index contributed by atoms with van der Waals surface area (Å²) in [5.74, 6) is -2.98. The molecule has 2 fully saturated rings. The molecule has 8 heteroatoms. The highest BCUT2D eigenvalue weighted by atomic mass is 16.6. The minimum Gasteiger partial charge on any atom is -0.547 e. The predicted octanol–water partition coefficient (Wildman–Crippen LogP) is -4.84. The molecule has 0 aliphatic carbocycles. The van der Waals surface area contributed by atoms with Gasteiger partial charge in [-0.3, -0.25) is 0 Å². The van der Waals surface area contributed by atoms with Crippen molar-refractivity contribution < 1.29 is 40.1 Å². The van der Waals surface area contributed by atoms with Crippen molar-refractivity contribution in [3.63, 3.8) is 0 Å². The molecule has 8 nitrogen and oxygen atoms in total. The van der Waals surface area contributed by atoms with E-state index in [-0.39, 0.29) is 12.8 Å². The zero-order valence-electron chi connectivity index (χ0n) is 10.2. The van der Waals surface area contributed by atoms with Crippen molar-refractivity contribution in [3.05, 3.63) is 0 Å². The van der Waals surface area contributed by atoms with Crippen LogP contribution < -0.4 is 15.9 Å². The minimum absolute atomic E-state index is 0.0592. The SMILES string of the molecule is [NH3+][C@@H](C[C@]1(C(=O)[O-])C[C@H]2OCC[C@@H](O)[C@H]2O1)C(=O)[O-]. The van der Waals surface area contributed by atoms with E-state index in [1.807, 2.05) is 0 Å². The van der Waals surface area contributed by atoms with E-state index in [2.05, 4.69) is 5.73 Å². The summed E-state index contributed by atoms with van der Waals surface area (Å²) in [6.45, 7) is 0.309. The molecule has 2 aliphatic heterocycles. The van der Waals surface area contributed by atoms with E-state index in [1.54, 1.807) is 0 Å². The van der Waals surface area contributed by atoms with Crippen LogP contribution in [0, 0.1) is 0 Å². The average molecular weight is 274 g/mol. The van der Waals surface area contributed by atoms with E-state index in [0.717, 1.165) is 0 Å². The number of hydrogen-bond acceptors (Lipinski definition) is 7. The molecule has 0 aromatic carbocycles. The van der Waals surface area contributed by atoms with Gasteiger partial charge in [-0.25, -0.2) is 0 Å². The van der Waals surface area contributed by atoms with E-state index in [4.69, 9.17) is 9.47 Å². The third kappa shape index (κ3) is 2.57. The molecule has 0 aromatic rings. The number of carbonyl (C=O) groups is 2. The zero-order chi connectivity index (χ0) is 14.2. The van der Waals surface area contributed by atoms with Gasteiger partial charge in [-0.15, -0.1) is 0 Å². The van der Waals surface area contributed by atoms with Crippen LogP contribution in [0.1, 0.15) is 19.3 Å². The standard InChI is InChI=1S/C11H17NO7/c12-5(9(14)15)3-11(10(16)17)4-7-8(19-11)6(13)1-2-18-7/h5-8,13H,1-4,12H2,(H,14,15)(H,16,17)/p-1/t5-,6+,7+,8+,11+/m0/s1. The summed E-state index contributed by atoms with van der Waals surface area (Å²) in [6, 6.07) is -1.24. The molecule has 19 heavy (non-hydrogen) atoms. The Balaban J connectivity index is 2.18. The van der Waals surface area contributed by atoms with E-state index in [9.17, 15) is 24.9 Å². The Morgan fingerprint density at radius 1 is 1.47 bits per heavy atom. The number of carboxylic acid groups (broad SMARTS) is 2. The summed E-state index contributed by atoms with van der Waals surface area (Å²) in [7, 11) is 0. The number of fused-ring (bicyclic) bond motifs is 1. The first-order chi connectivity index (χ1) is 8.85. The smallest absolute Gasteiger partial charge is 0.128 e. The maximum Gasteiger partial charge on any atom is 0.128 e. The lowest BCUT2D eigenvalue weighted by Gasteiger charge is -2.32. The fourth-order valence-electron chi connectivity index (χ4n) is 2.64. The molecule has 0 unspecified atom stereocenters. The summed E-state index contributed by atoms with van der Waals surface area (Å²) in [6.07, 6.45) is -2.27. The molecule has 0 radical (unpaired) electrons. The quantitative estimate of drug-likeness (QED) is 0.522. The van der Waals surface area contributed by atoms with Crippen molar-refractivity contribution in [2.45, 2.75) is 49.2 Å². The van der Waals surface area contributed by atoms with Gasteiger partial charge in [-0.2, -0.15) is 0 Å². The van der Waals surface area contributed by atoms with Gasteiger partial charge in [0.15, 0.2) is 0 Å². The molecule has 0 spiro atoms. The van der Waals surface area contributed by atoms with Gasteiger partial charge in [-0.1, -0.05) is 0 Å². The normalized spacial score (nSPS) is 39.6. The fraction of sp³-hybridized carbons (Fsp3) is 0.818. The lowest BCUT2D eigenvalue weighted by Crippen LogP contribution is -2.71. The van der Waals surface area contributed by atoms with Gasteiger partial charge in [0.25, 0.3) is 0 Å². The molecule has 0 aromatic heterocycles. The van der Waals surface area contributed by atoms with Gasteiger partial charge in [0, 0.05) is 19.4 Å². The Hall–Kier alpha value is -1.22. The number of aliphatic hydroxyl groups excluding tert-OH is 1. The number of carbonyl (C=O) groups excluding carboxylic acids is 2. The Morgan fingerprint density at radius 3 is 2.68 bits per heavy atom. The molecular formula is C11H16NO7-. The van der Waals surface area contributed by atoms with Gasteiger partial charge in [0.2, 0.25) is 0 Å². The molecule has 2 rings (SSSR count). The first-order valence-electron chi connectivity index (χ1n) is 6.08. The Bertz CT molecular complexity index is 387. The van der Waals surface area contributed by atoms with Gasteiger partial charge in [0.05, 0.1) is 24.1 Å². The second-order valence-electron chi connectivity index (χ2n) is 5.05. The fourth-order valence-corrected chi connectivity index (χ4v) is 2.64. The highest BCUT2D eigenvalue weighted by Crippen LogP contribution is 2.39. The highest BCUT2D eigenvalue weighted by Gasteiger charge is 2.53. The number of hydrogen-bond donors (Lipinski definition) is 2. The molecular weight excluding hydrogens is 258 g/mol. The molecule has 0 bridgehead atoms. The van der Waals surface area contributed by atoms with Crippen LogP contribution in [-0.2, 0) is 19.1 Å². The van der Waals surface area contributed by atoms with Crippen LogP contribution >= 0.6 is 0 Å². The second kappa shape index (κ2) is 5.04. The molecule has 2 heterocycles. The van der Waals surface area contributed by atoms with Gasteiger partial charge >= 0.3 is 0 Å². The van der Waals surface area contributed by atoms with Gasteiger partial charge in [0.1, 0.15) is 17.7 Å². The van der Waals surface area contributed by atoms with Gasteiger partial charge < -0.3 is 40.1 Å². The first kappa shape index (κ1) is 14.2. The number of ether oxygens (including phenoxy) is 2. The predicted molar refractivity (Wildman–Crippen MR) is 53.9 cm³/mol. The Labute approximate surface area is 109 Å². The van der Waals surface area contributed by atoms with E-state index >= 15 is 0 Å². The molecule has 4 N–H and O–H groups in total. The number of rotatable bonds is 4. The minimum atomic E-state index is -1.80. The Kier molecular flexibility index (Phi) is 3.77. The van der Waals surface area contributed by atoms with Crippen molar-refractivity contribution in [2.75, 3.05) is 6.61 Å². The maximum absolute atomic E-state index is 11.3. The third-order valence-corrected chi connectivity index (χ3v) is 3.67. The zero-order valence-corrected chi connectivity index (χ0v) is 10.2. The van der Waals surface area contributed by atoms with Crippen molar-refractivity contribution >= 4 is 11.9 Å². The topological polar surface area (TPSA) is 147 Å². The first-order valence-corrected chi connectivity index (χ1v) is 6.08. The van der Waals surface area contributed by atoms with Crippen molar-refractivity contribution in [1.29, 1.82) is 0 Å². The van der Waals surface area contributed by atoms with Crippen LogP contribution in [0.2, 0.25) is 0 Å². The summed E-state index contributed by atoms with van der Waals surface area (Å²) < 4.78 is 10.7. The monoisotopic (exact) mass is 274 g/mol. The number of quaternary nitrogens is 1. The van der Waals surface area contributed by atoms with Crippen LogP contribution in [0.25, 0.3) is 0 Å². The highest BCUT2D eigenvalue weighted by molar-refractivity contribution is 5.78. The van der Waals surface area contributed by atoms with Crippen LogP contribution in [0.15, 0.2) is 0 Å². The molecule has 2 saturated heterocycles. The van der Waals surface area contributed by atoms with E-state index in [1.165, 1.54) is 0 Å². The molecule has 0 amide bonds. The summed E-state index contributed by atoms with van der Waals surface area (Å²) in [5, 5.41) is 31.8. The van der Waals surface area contributed by atoms with Crippen molar-refractivity contribution in [3.8, 4) is 0 Å². The number of aliphatic carboxylic acids is 2.